The molecule has 0 bridgehead atoms. The fourth-order valence-electron chi connectivity index (χ4n) is 1.95. The van der Waals surface area contributed by atoms with Crippen molar-refractivity contribution in [2.75, 3.05) is 0 Å². The first-order valence-corrected chi connectivity index (χ1v) is 4.86. The summed E-state index contributed by atoms with van der Waals surface area (Å²) in [7, 11) is 0. The highest BCUT2D eigenvalue weighted by Crippen LogP contribution is 2.30. The zero-order valence-corrected chi connectivity index (χ0v) is 8.09. The van der Waals surface area contributed by atoms with Crippen molar-refractivity contribution in [3.63, 3.8) is 0 Å². The summed E-state index contributed by atoms with van der Waals surface area (Å²) in [5.41, 5.74) is 0.0481. The zero-order chi connectivity index (χ0) is 10.8. The number of hydrogen-bond donors (Lipinski definition) is 0. The number of nitro groups is 1. The van der Waals surface area contributed by atoms with Crippen molar-refractivity contribution in [2.45, 2.75) is 31.7 Å². The Balaban J connectivity index is 2.34. The molecule has 0 aromatic carbocycles. The molecule has 15 heavy (non-hydrogen) atoms. The molecule has 0 unspecified atom stereocenters. The van der Waals surface area contributed by atoms with Gasteiger partial charge in [-0.3, -0.25) is 0 Å². The normalized spacial score (nSPS) is 16.5. The molecule has 0 atom stereocenters. The third kappa shape index (κ3) is 1.68. The highest BCUT2D eigenvalue weighted by molar-refractivity contribution is 5.41. The minimum atomic E-state index is -0.607. The van der Waals surface area contributed by atoms with Gasteiger partial charge < -0.3 is 10.1 Å². The van der Waals surface area contributed by atoms with Crippen LogP contribution in [0.4, 0.5) is 5.82 Å². The van der Waals surface area contributed by atoms with Gasteiger partial charge >= 0.3 is 5.82 Å². The lowest BCUT2D eigenvalue weighted by molar-refractivity contribution is -0.390. The Labute approximate surface area is 86.3 Å². The van der Waals surface area contributed by atoms with Crippen LogP contribution in [-0.2, 0) is 0 Å². The van der Waals surface area contributed by atoms with Gasteiger partial charge in [-0.1, -0.05) is 12.8 Å². The molecule has 6 heteroatoms. The SMILES string of the molecule is N#Cc1cn(C2CCCC2)nc1[N+](=O)[O-]. The summed E-state index contributed by atoms with van der Waals surface area (Å²) in [4.78, 5) is 9.98. The molecule has 78 valence electrons. The standard InChI is InChI=1S/C9H10N4O2/c10-5-7-6-12(8-3-1-2-4-8)11-9(7)13(14)15/h6,8H,1-4H2. The van der Waals surface area contributed by atoms with Crippen molar-refractivity contribution in [3.05, 3.63) is 21.9 Å². The monoisotopic (exact) mass is 206 g/mol. The van der Waals surface area contributed by atoms with Crippen LogP contribution in [0.3, 0.4) is 0 Å². The summed E-state index contributed by atoms with van der Waals surface area (Å²) in [6.07, 6.45) is 5.71. The van der Waals surface area contributed by atoms with Crippen molar-refractivity contribution >= 4 is 5.82 Å². The van der Waals surface area contributed by atoms with Crippen molar-refractivity contribution in [2.24, 2.45) is 0 Å². The van der Waals surface area contributed by atoms with Crippen molar-refractivity contribution in [1.29, 1.82) is 5.26 Å². The lowest BCUT2D eigenvalue weighted by Crippen LogP contribution is -2.05. The van der Waals surface area contributed by atoms with Crippen LogP contribution in [0, 0.1) is 21.4 Å². The second kappa shape index (κ2) is 3.69. The smallest absolute Gasteiger partial charge is 0.358 e. The topological polar surface area (TPSA) is 84.8 Å². The van der Waals surface area contributed by atoms with E-state index in [0.29, 0.717) is 0 Å². The molecule has 1 saturated carbocycles. The maximum Gasteiger partial charge on any atom is 0.407 e. The number of hydrogen-bond acceptors (Lipinski definition) is 4. The van der Waals surface area contributed by atoms with Crippen LogP contribution in [0.1, 0.15) is 37.3 Å². The van der Waals surface area contributed by atoms with E-state index in [0.717, 1.165) is 25.7 Å². The number of nitriles is 1. The third-order valence-corrected chi connectivity index (χ3v) is 2.70. The van der Waals surface area contributed by atoms with Crippen molar-refractivity contribution < 1.29 is 4.92 Å². The quantitative estimate of drug-likeness (QED) is 0.545. The molecule has 1 aliphatic rings. The van der Waals surface area contributed by atoms with E-state index < -0.39 is 4.92 Å². The van der Waals surface area contributed by atoms with Gasteiger partial charge in [0.1, 0.15) is 6.07 Å². The molecule has 0 amide bonds. The first-order valence-electron chi connectivity index (χ1n) is 4.86. The van der Waals surface area contributed by atoms with E-state index in [4.69, 9.17) is 5.26 Å². The van der Waals surface area contributed by atoms with E-state index in [2.05, 4.69) is 5.10 Å². The molecule has 1 heterocycles. The fourth-order valence-corrected chi connectivity index (χ4v) is 1.95. The van der Waals surface area contributed by atoms with E-state index in [1.165, 1.54) is 6.20 Å². The van der Waals surface area contributed by atoms with Gasteiger partial charge in [0.05, 0.1) is 17.3 Å². The summed E-state index contributed by atoms with van der Waals surface area (Å²) < 4.78 is 1.57. The number of aromatic nitrogens is 2. The van der Waals surface area contributed by atoms with Crippen LogP contribution >= 0.6 is 0 Å². The summed E-state index contributed by atoms with van der Waals surface area (Å²) >= 11 is 0. The summed E-state index contributed by atoms with van der Waals surface area (Å²) in [6.45, 7) is 0. The Hall–Kier alpha value is -1.90. The number of rotatable bonds is 2. The average Bonchev–Trinajstić information content (AvgIpc) is 2.86. The van der Waals surface area contributed by atoms with E-state index in [1.54, 1.807) is 10.8 Å². The predicted molar refractivity (Wildman–Crippen MR) is 51.1 cm³/mol. The molecule has 1 aromatic heterocycles. The van der Waals surface area contributed by atoms with Gasteiger partial charge in [-0.15, -0.1) is 0 Å². The molecular formula is C9H10N4O2. The van der Waals surface area contributed by atoms with Crippen LogP contribution in [0.25, 0.3) is 0 Å². The van der Waals surface area contributed by atoms with E-state index in [1.807, 2.05) is 0 Å². The van der Waals surface area contributed by atoms with Gasteiger partial charge in [0.25, 0.3) is 0 Å². The van der Waals surface area contributed by atoms with Crippen LogP contribution in [-0.4, -0.2) is 14.7 Å². The summed E-state index contributed by atoms with van der Waals surface area (Å²) in [6, 6.07) is 2.02. The Bertz CT molecular complexity index is 426. The molecule has 0 aliphatic heterocycles. The van der Waals surface area contributed by atoms with Crippen LogP contribution in [0.2, 0.25) is 0 Å². The van der Waals surface area contributed by atoms with E-state index >= 15 is 0 Å². The second-order valence-electron chi connectivity index (χ2n) is 3.65. The minimum Gasteiger partial charge on any atom is -0.358 e. The fraction of sp³-hybridized carbons (Fsp3) is 0.556. The minimum absolute atomic E-state index is 0.0481. The van der Waals surface area contributed by atoms with Crippen molar-refractivity contribution in [1.82, 2.24) is 9.78 Å². The van der Waals surface area contributed by atoms with Gasteiger partial charge in [-0.2, -0.15) is 9.94 Å². The molecule has 1 fully saturated rings. The molecule has 0 saturated heterocycles. The van der Waals surface area contributed by atoms with Crippen LogP contribution in [0.15, 0.2) is 6.20 Å². The van der Waals surface area contributed by atoms with Crippen LogP contribution < -0.4 is 0 Å². The summed E-state index contributed by atoms with van der Waals surface area (Å²) in [5.74, 6) is -0.329. The molecule has 6 nitrogen and oxygen atoms in total. The largest absolute Gasteiger partial charge is 0.407 e. The van der Waals surface area contributed by atoms with Crippen LogP contribution in [0.5, 0.6) is 0 Å². The highest BCUT2D eigenvalue weighted by atomic mass is 16.6. The lowest BCUT2D eigenvalue weighted by Gasteiger charge is -2.03. The Morgan fingerprint density at radius 2 is 2.27 bits per heavy atom. The summed E-state index contributed by atoms with van der Waals surface area (Å²) in [5, 5.41) is 23.2. The van der Waals surface area contributed by atoms with Gasteiger partial charge in [-0.25, -0.2) is 0 Å². The maximum absolute atomic E-state index is 10.6. The van der Waals surface area contributed by atoms with E-state index in [-0.39, 0.29) is 17.4 Å². The predicted octanol–water partition coefficient (Wildman–Crippen LogP) is 1.78. The first kappa shape index (κ1) is 9.65. The molecule has 1 aromatic rings. The Kier molecular flexibility index (Phi) is 2.37. The van der Waals surface area contributed by atoms with Gasteiger partial charge in [0, 0.05) is 0 Å². The molecule has 0 N–H and O–H groups in total. The van der Waals surface area contributed by atoms with Gasteiger partial charge in [0.15, 0.2) is 5.56 Å². The number of nitrogens with zero attached hydrogens (tertiary/aromatic N) is 4. The zero-order valence-electron chi connectivity index (χ0n) is 8.09. The molecular weight excluding hydrogens is 196 g/mol. The van der Waals surface area contributed by atoms with E-state index in [9.17, 15) is 10.1 Å². The second-order valence-corrected chi connectivity index (χ2v) is 3.65. The molecule has 0 radical (unpaired) electrons. The molecule has 0 spiro atoms. The highest BCUT2D eigenvalue weighted by Gasteiger charge is 2.26. The first-order chi connectivity index (χ1) is 7.22. The van der Waals surface area contributed by atoms with Crippen molar-refractivity contribution in [3.8, 4) is 6.07 Å². The maximum atomic E-state index is 10.6. The Morgan fingerprint density at radius 3 is 2.73 bits per heavy atom. The molecule has 1 aliphatic carbocycles. The van der Waals surface area contributed by atoms with Gasteiger partial charge in [0.2, 0.25) is 0 Å². The average molecular weight is 206 g/mol. The molecule has 2 rings (SSSR count). The van der Waals surface area contributed by atoms with Gasteiger partial charge in [-0.05, 0) is 17.8 Å². The Morgan fingerprint density at radius 1 is 1.60 bits per heavy atom. The third-order valence-electron chi connectivity index (χ3n) is 2.70. The lowest BCUT2D eigenvalue weighted by atomic mass is 10.2.